The van der Waals surface area contributed by atoms with Crippen molar-refractivity contribution in [3.63, 3.8) is 0 Å². The van der Waals surface area contributed by atoms with Crippen LogP contribution in [-0.4, -0.2) is 50.2 Å². The van der Waals surface area contributed by atoms with Gasteiger partial charge in [-0.2, -0.15) is 0 Å². The van der Waals surface area contributed by atoms with Gasteiger partial charge in [-0.1, -0.05) is 56.1 Å². The van der Waals surface area contributed by atoms with Gasteiger partial charge < -0.3 is 16.0 Å². The highest BCUT2D eigenvalue weighted by Crippen LogP contribution is 2.57. The van der Waals surface area contributed by atoms with Crippen LogP contribution in [0.5, 0.6) is 0 Å². The molecule has 0 radical (unpaired) electrons. The first-order chi connectivity index (χ1) is 19.3. The van der Waals surface area contributed by atoms with Crippen LogP contribution < -0.4 is 20.7 Å². The monoisotopic (exact) mass is 642 g/mol. The van der Waals surface area contributed by atoms with Gasteiger partial charge in [0.25, 0.3) is 0 Å². The van der Waals surface area contributed by atoms with Crippen LogP contribution in [0, 0.1) is 17.0 Å². The van der Waals surface area contributed by atoms with Gasteiger partial charge >= 0.3 is 0 Å². The molecule has 0 bridgehead atoms. The van der Waals surface area contributed by atoms with Crippen LogP contribution in [0.2, 0.25) is 10.0 Å². The Morgan fingerprint density at radius 2 is 1.81 bits per heavy atom. The predicted octanol–water partition coefficient (Wildman–Crippen LogP) is 4.61. The maximum atomic E-state index is 15.9. The quantitative estimate of drug-likeness (QED) is 0.367. The fourth-order valence-corrected chi connectivity index (χ4v) is 8.52. The summed E-state index contributed by atoms with van der Waals surface area (Å²) in [7, 11) is -3.46. The molecule has 2 aromatic carbocycles. The zero-order chi connectivity index (χ0) is 31.0. The third-order valence-corrected chi connectivity index (χ3v) is 9.92. The Balaban J connectivity index is 1.62. The predicted molar refractivity (Wildman–Crippen MR) is 158 cm³/mol. The van der Waals surface area contributed by atoms with E-state index in [2.05, 4.69) is 20.7 Å². The summed E-state index contributed by atoms with van der Waals surface area (Å²) in [6.45, 7) is 7.68. The number of sulfonamides is 1. The van der Waals surface area contributed by atoms with Crippen molar-refractivity contribution in [1.82, 2.24) is 15.4 Å². The lowest BCUT2D eigenvalue weighted by Gasteiger charge is -2.45. The van der Waals surface area contributed by atoms with Crippen LogP contribution >= 0.6 is 23.2 Å². The van der Waals surface area contributed by atoms with Gasteiger partial charge in [0, 0.05) is 29.2 Å². The van der Waals surface area contributed by atoms with Gasteiger partial charge in [-0.15, -0.1) is 0 Å². The molecule has 0 unspecified atom stereocenters. The van der Waals surface area contributed by atoms with E-state index in [0.717, 1.165) is 6.26 Å². The van der Waals surface area contributed by atoms with Crippen LogP contribution in [0.1, 0.15) is 64.0 Å². The number of amides is 2. The van der Waals surface area contributed by atoms with Crippen LogP contribution in [0.3, 0.4) is 0 Å². The third-order valence-electron chi connectivity index (χ3n) is 8.47. The van der Waals surface area contributed by atoms with Crippen LogP contribution in [0.4, 0.5) is 14.5 Å². The van der Waals surface area contributed by atoms with E-state index in [1.807, 2.05) is 20.8 Å². The van der Waals surface area contributed by atoms with Crippen molar-refractivity contribution in [3.8, 4) is 0 Å². The second-order valence-corrected chi connectivity index (χ2v) is 15.8. The highest BCUT2D eigenvalue weighted by atomic mass is 35.5. The molecule has 8 nitrogen and oxygen atoms in total. The van der Waals surface area contributed by atoms with E-state index in [9.17, 15) is 18.0 Å². The molecule has 42 heavy (non-hydrogen) atoms. The molecule has 4 N–H and O–H groups in total. The second-order valence-electron chi connectivity index (χ2n) is 13.3. The molecular weight excluding hydrogens is 609 g/mol. The van der Waals surface area contributed by atoms with Gasteiger partial charge in [-0.05, 0) is 60.9 Å². The van der Waals surface area contributed by atoms with E-state index in [-0.39, 0.29) is 32.6 Å². The van der Waals surface area contributed by atoms with E-state index >= 15 is 8.78 Å². The SMILES string of the molecule is CC(C)(C)C[C@H]1N[C@@H](C(=O)N[C@H]2C[C@@](C)(NS(C)(=O)=O)C2)[C@H](c2cccc(Cl)c2F)[C@@]12C(=O)Nc1cc(Cl)c(F)cc12. The number of hydrogen-bond donors (Lipinski definition) is 4. The molecule has 2 fully saturated rings. The maximum absolute atomic E-state index is 15.9. The molecular formula is C29H34Cl2F2N4O4S. The first-order valence-corrected chi connectivity index (χ1v) is 16.3. The Kier molecular flexibility index (Phi) is 7.71. The Bertz CT molecular complexity index is 1580. The number of carbonyl (C=O) groups is 2. The smallest absolute Gasteiger partial charge is 0.238 e. The summed E-state index contributed by atoms with van der Waals surface area (Å²) in [4.78, 5) is 28.2. The van der Waals surface area contributed by atoms with Crippen molar-refractivity contribution < 1.29 is 26.8 Å². The third kappa shape index (κ3) is 5.43. The lowest BCUT2D eigenvalue weighted by molar-refractivity contribution is -0.125. The summed E-state index contributed by atoms with van der Waals surface area (Å²) in [6.07, 6.45) is 2.15. The largest absolute Gasteiger partial charge is 0.352 e. The van der Waals surface area contributed by atoms with Gasteiger partial charge in [0.1, 0.15) is 17.0 Å². The van der Waals surface area contributed by atoms with E-state index in [1.54, 1.807) is 13.0 Å². The topological polar surface area (TPSA) is 116 Å². The standard InChI is InChI=1S/C29H34Cl2F2N4O4S/c1-27(2,3)13-21-29(16-9-19(32)18(31)10-20(16)35-26(29)39)22(15-7-6-8-17(30)23(15)33)24(36-21)25(38)34-14-11-28(4,12-14)37-42(5,40)41/h6-10,14,21-22,24,36-37H,11-13H2,1-5H3,(H,34,38)(H,35,39)/t14-,21-,22+,24-,28+,29+/m1/s1. The summed E-state index contributed by atoms with van der Waals surface area (Å²) in [5, 5.41) is 8.77. The van der Waals surface area contributed by atoms with Gasteiger partial charge in [0.15, 0.2) is 0 Å². The number of hydrogen-bond acceptors (Lipinski definition) is 5. The zero-order valence-corrected chi connectivity index (χ0v) is 26.2. The lowest BCUT2D eigenvalue weighted by atomic mass is 9.62. The number of carbonyl (C=O) groups excluding carboxylic acids is 2. The molecule has 1 saturated carbocycles. The minimum absolute atomic E-state index is 0.0436. The fraction of sp³-hybridized carbons (Fsp3) is 0.517. The molecule has 1 saturated heterocycles. The first-order valence-electron chi connectivity index (χ1n) is 13.6. The number of fused-ring (bicyclic) bond motifs is 2. The number of anilines is 1. The molecule has 2 aliphatic heterocycles. The van der Waals surface area contributed by atoms with E-state index in [4.69, 9.17) is 23.2 Å². The Labute approximate surface area is 254 Å². The molecule has 1 spiro atoms. The summed E-state index contributed by atoms with van der Waals surface area (Å²) in [5.41, 5.74) is -2.04. The van der Waals surface area contributed by atoms with Gasteiger partial charge in [-0.3, -0.25) is 9.59 Å². The second kappa shape index (κ2) is 10.4. The minimum atomic E-state index is -3.46. The highest BCUT2D eigenvalue weighted by molar-refractivity contribution is 7.88. The Hall–Kier alpha value is -2.31. The van der Waals surface area contributed by atoms with Gasteiger partial charge in [0.2, 0.25) is 21.8 Å². The molecule has 13 heteroatoms. The summed E-state index contributed by atoms with van der Waals surface area (Å²) >= 11 is 12.3. The highest BCUT2D eigenvalue weighted by Gasteiger charge is 2.66. The van der Waals surface area contributed by atoms with E-state index < -0.39 is 62.4 Å². The van der Waals surface area contributed by atoms with Gasteiger partial charge in [0.05, 0.1) is 22.3 Å². The van der Waals surface area contributed by atoms with Crippen molar-refractivity contribution in [2.24, 2.45) is 5.41 Å². The average Bonchev–Trinajstić information content (AvgIpc) is 3.28. The molecule has 2 amide bonds. The van der Waals surface area contributed by atoms with E-state index in [1.165, 1.54) is 24.3 Å². The average molecular weight is 644 g/mol. The summed E-state index contributed by atoms with van der Waals surface area (Å²) in [5.74, 6) is -3.63. The number of benzene rings is 2. The van der Waals surface area contributed by atoms with Crippen molar-refractivity contribution in [2.45, 2.75) is 82.0 Å². The Morgan fingerprint density at radius 1 is 1.14 bits per heavy atom. The molecule has 5 rings (SSSR count). The van der Waals surface area contributed by atoms with Gasteiger partial charge in [-0.25, -0.2) is 21.9 Å². The molecule has 4 atom stereocenters. The van der Waals surface area contributed by atoms with Crippen LogP contribution in [0.25, 0.3) is 0 Å². The summed E-state index contributed by atoms with van der Waals surface area (Å²) < 4.78 is 57.0. The number of nitrogens with one attached hydrogen (secondary N) is 4. The van der Waals surface area contributed by atoms with E-state index in [0.29, 0.717) is 24.9 Å². The van der Waals surface area contributed by atoms with Crippen molar-refractivity contribution in [3.05, 3.63) is 63.1 Å². The first kappa shape index (κ1) is 31.1. The van der Waals surface area contributed by atoms with Crippen molar-refractivity contribution >= 4 is 50.7 Å². The summed E-state index contributed by atoms with van der Waals surface area (Å²) in [6, 6.07) is 4.75. The van der Waals surface area contributed by atoms with Crippen LogP contribution in [0.15, 0.2) is 30.3 Å². The zero-order valence-electron chi connectivity index (χ0n) is 23.9. The Morgan fingerprint density at radius 3 is 2.43 bits per heavy atom. The molecule has 228 valence electrons. The fourth-order valence-electron chi connectivity index (χ4n) is 7.12. The molecule has 1 aliphatic carbocycles. The molecule has 3 aliphatic rings. The maximum Gasteiger partial charge on any atom is 0.238 e. The normalized spacial score (nSPS) is 30.6. The van der Waals surface area contributed by atoms with Crippen molar-refractivity contribution in [1.29, 1.82) is 0 Å². The number of halogens is 4. The molecule has 2 heterocycles. The molecule has 0 aromatic heterocycles. The number of rotatable bonds is 6. The molecule has 2 aromatic rings. The minimum Gasteiger partial charge on any atom is -0.352 e. The lowest BCUT2D eigenvalue weighted by Crippen LogP contribution is -2.63. The van der Waals surface area contributed by atoms with Crippen LogP contribution in [-0.2, 0) is 25.0 Å². The van der Waals surface area contributed by atoms with Crippen molar-refractivity contribution in [2.75, 3.05) is 11.6 Å².